The van der Waals surface area contributed by atoms with E-state index in [-0.39, 0.29) is 12.1 Å². The molecule has 0 aromatic rings. The Morgan fingerprint density at radius 2 is 1.69 bits per heavy atom. The number of alkyl halides is 3. The third-order valence-electron chi connectivity index (χ3n) is 5.52. The summed E-state index contributed by atoms with van der Waals surface area (Å²) in [6, 6.07) is 0. The van der Waals surface area contributed by atoms with E-state index in [0.29, 0.717) is 19.0 Å². The Morgan fingerprint density at radius 1 is 1.04 bits per heavy atom. The fraction of sp³-hybridized carbons (Fsp3) is 0.944. The number of piperidine rings is 2. The second-order valence-electron chi connectivity index (χ2n) is 7.56. The molecule has 0 aliphatic carbocycles. The average molecular weight is 377 g/mol. The maximum atomic E-state index is 12.4. The van der Waals surface area contributed by atoms with Gasteiger partial charge < -0.3 is 15.5 Å². The first-order chi connectivity index (χ1) is 12.3. The van der Waals surface area contributed by atoms with Crippen LogP contribution in [-0.4, -0.2) is 80.3 Å². The van der Waals surface area contributed by atoms with Gasteiger partial charge in [0.25, 0.3) is 0 Å². The SMILES string of the molecule is CCNC(=NCC1(N2CCCCC2)CCN(C)CC1)NCCC(F)(F)F. The summed E-state index contributed by atoms with van der Waals surface area (Å²) < 4.78 is 37.2. The summed E-state index contributed by atoms with van der Waals surface area (Å²) in [4.78, 5) is 9.63. The highest BCUT2D eigenvalue weighted by atomic mass is 19.4. The molecule has 2 fully saturated rings. The van der Waals surface area contributed by atoms with Gasteiger partial charge in [-0.25, -0.2) is 0 Å². The number of likely N-dealkylation sites (tertiary alicyclic amines) is 2. The van der Waals surface area contributed by atoms with Gasteiger partial charge in [0.2, 0.25) is 0 Å². The lowest BCUT2D eigenvalue weighted by Crippen LogP contribution is -2.58. The van der Waals surface area contributed by atoms with E-state index >= 15 is 0 Å². The van der Waals surface area contributed by atoms with Crippen LogP contribution in [0.3, 0.4) is 0 Å². The second kappa shape index (κ2) is 9.78. The van der Waals surface area contributed by atoms with Crippen molar-refractivity contribution in [2.24, 2.45) is 4.99 Å². The van der Waals surface area contributed by atoms with Crippen LogP contribution in [0.5, 0.6) is 0 Å². The number of guanidine groups is 1. The summed E-state index contributed by atoms with van der Waals surface area (Å²) in [5, 5.41) is 5.92. The summed E-state index contributed by atoms with van der Waals surface area (Å²) in [5.74, 6) is 0.493. The molecule has 2 heterocycles. The van der Waals surface area contributed by atoms with Crippen molar-refractivity contribution in [2.45, 2.75) is 57.2 Å². The molecule has 0 atom stereocenters. The third-order valence-corrected chi connectivity index (χ3v) is 5.52. The minimum atomic E-state index is -4.15. The van der Waals surface area contributed by atoms with Gasteiger partial charge in [-0.3, -0.25) is 9.89 Å². The second-order valence-corrected chi connectivity index (χ2v) is 7.56. The number of aliphatic imine (C=N–C) groups is 1. The Kier molecular flexibility index (Phi) is 8.01. The molecule has 0 aromatic heterocycles. The highest BCUT2D eigenvalue weighted by Crippen LogP contribution is 2.31. The van der Waals surface area contributed by atoms with Gasteiger partial charge in [-0.15, -0.1) is 0 Å². The van der Waals surface area contributed by atoms with Crippen LogP contribution in [0.25, 0.3) is 0 Å². The smallest absolute Gasteiger partial charge is 0.357 e. The first-order valence-corrected chi connectivity index (χ1v) is 9.87. The van der Waals surface area contributed by atoms with Crippen LogP contribution in [-0.2, 0) is 0 Å². The van der Waals surface area contributed by atoms with E-state index in [1.165, 1.54) is 19.3 Å². The van der Waals surface area contributed by atoms with Gasteiger partial charge in [0.05, 0.1) is 13.0 Å². The maximum absolute atomic E-state index is 12.4. The maximum Gasteiger partial charge on any atom is 0.390 e. The van der Waals surface area contributed by atoms with Gasteiger partial charge in [0.1, 0.15) is 0 Å². The predicted molar refractivity (Wildman–Crippen MR) is 99.5 cm³/mol. The van der Waals surface area contributed by atoms with Gasteiger partial charge in [-0.2, -0.15) is 13.2 Å². The van der Waals surface area contributed by atoms with Crippen LogP contribution in [0.4, 0.5) is 13.2 Å². The Morgan fingerprint density at radius 3 is 2.27 bits per heavy atom. The lowest BCUT2D eigenvalue weighted by molar-refractivity contribution is -0.132. The van der Waals surface area contributed by atoms with Crippen LogP contribution >= 0.6 is 0 Å². The highest BCUT2D eigenvalue weighted by Gasteiger charge is 2.39. The molecular weight excluding hydrogens is 343 g/mol. The summed E-state index contributed by atoms with van der Waals surface area (Å²) in [6.45, 7) is 7.37. The van der Waals surface area contributed by atoms with Crippen molar-refractivity contribution in [3.05, 3.63) is 0 Å². The van der Waals surface area contributed by atoms with E-state index < -0.39 is 12.6 Å². The Bertz CT molecular complexity index is 439. The molecule has 0 bridgehead atoms. The molecule has 0 amide bonds. The Labute approximate surface area is 155 Å². The number of hydrogen-bond donors (Lipinski definition) is 2. The molecule has 0 radical (unpaired) electrons. The molecular formula is C18H34F3N5. The van der Waals surface area contributed by atoms with E-state index in [1.54, 1.807) is 0 Å². The van der Waals surface area contributed by atoms with Gasteiger partial charge in [-0.05, 0) is 65.8 Å². The average Bonchev–Trinajstić information content (AvgIpc) is 2.61. The zero-order valence-corrected chi connectivity index (χ0v) is 16.2. The number of hydrogen-bond acceptors (Lipinski definition) is 3. The molecule has 0 spiro atoms. The van der Waals surface area contributed by atoms with Gasteiger partial charge >= 0.3 is 6.18 Å². The van der Waals surface area contributed by atoms with Crippen LogP contribution in [0.2, 0.25) is 0 Å². The van der Waals surface area contributed by atoms with E-state index in [0.717, 1.165) is 39.0 Å². The van der Waals surface area contributed by atoms with Crippen molar-refractivity contribution < 1.29 is 13.2 Å². The van der Waals surface area contributed by atoms with Crippen molar-refractivity contribution in [1.82, 2.24) is 20.4 Å². The Balaban J connectivity index is 2.02. The van der Waals surface area contributed by atoms with Crippen LogP contribution in [0.1, 0.15) is 45.4 Å². The standard InChI is InChI=1S/C18H34F3N5/c1-3-22-16(23-10-7-18(19,20)21)24-15-17(8-13-25(2)14-9-17)26-11-5-4-6-12-26/h3-15H2,1-2H3,(H2,22,23,24). The zero-order valence-electron chi connectivity index (χ0n) is 16.2. The fourth-order valence-corrected chi connectivity index (χ4v) is 3.87. The lowest BCUT2D eigenvalue weighted by atomic mass is 9.84. The number of halogens is 3. The van der Waals surface area contributed by atoms with Crippen LogP contribution in [0, 0.1) is 0 Å². The summed E-state index contributed by atoms with van der Waals surface area (Å²) in [7, 11) is 2.14. The van der Waals surface area contributed by atoms with Crippen molar-refractivity contribution in [3.8, 4) is 0 Å². The van der Waals surface area contributed by atoms with Crippen molar-refractivity contribution in [1.29, 1.82) is 0 Å². The van der Waals surface area contributed by atoms with E-state index in [2.05, 4.69) is 27.5 Å². The quantitative estimate of drug-likeness (QED) is 0.551. The molecule has 2 aliphatic heterocycles. The summed E-state index contributed by atoms with van der Waals surface area (Å²) in [6.07, 6.45) is 0.879. The fourth-order valence-electron chi connectivity index (χ4n) is 3.87. The monoisotopic (exact) mass is 377 g/mol. The predicted octanol–water partition coefficient (Wildman–Crippen LogP) is 2.44. The zero-order chi connectivity index (χ0) is 19.0. The van der Waals surface area contributed by atoms with Gasteiger partial charge in [0.15, 0.2) is 5.96 Å². The summed E-state index contributed by atoms with van der Waals surface area (Å²) in [5.41, 5.74) is 0.0410. The van der Waals surface area contributed by atoms with Crippen LogP contribution < -0.4 is 10.6 Å². The third kappa shape index (κ3) is 6.61. The molecule has 0 unspecified atom stereocenters. The molecule has 2 saturated heterocycles. The molecule has 0 aromatic carbocycles. The summed E-state index contributed by atoms with van der Waals surface area (Å²) >= 11 is 0. The molecule has 5 nitrogen and oxygen atoms in total. The molecule has 2 N–H and O–H groups in total. The highest BCUT2D eigenvalue weighted by molar-refractivity contribution is 5.79. The molecule has 26 heavy (non-hydrogen) atoms. The topological polar surface area (TPSA) is 42.9 Å². The minimum absolute atomic E-state index is 0.0410. The first-order valence-electron chi connectivity index (χ1n) is 9.87. The number of rotatable bonds is 6. The van der Waals surface area contributed by atoms with Crippen molar-refractivity contribution in [2.75, 3.05) is 52.9 Å². The minimum Gasteiger partial charge on any atom is -0.357 e. The molecule has 2 rings (SSSR count). The molecule has 2 aliphatic rings. The lowest BCUT2D eigenvalue weighted by Gasteiger charge is -2.49. The Hall–Kier alpha value is -1.02. The first kappa shape index (κ1) is 21.3. The van der Waals surface area contributed by atoms with Gasteiger partial charge in [0, 0.05) is 18.6 Å². The van der Waals surface area contributed by atoms with Crippen molar-refractivity contribution >= 4 is 5.96 Å². The van der Waals surface area contributed by atoms with Gasteiger partial charge in [-0.1, -0.05) is 6.42 Å². The van der Waals surface area contributed by atoms with Crippen molar-refractivity contribution in [3.63, 3.8) is 0 Å². The van der Waals surface area contributed by atoms with E-state index in [9.17, 15) is 13.2 Å². The van der Waals surface area contributed by atoms with E-state index in [4.69, 9.17) is 4.99 Å². The van der Waals surface area contributed by atoms with E-state index in [1.807, 2.05) is 6.92 Å². The molecule has 8 heteroatoms. The van der Waals surface area contributed by atoms with Crippen LogP contribution in [0.15, 0.2) is 4.99 Å². The largest absolute Gasteiger partial charge is 0.390 e. The number of nitrogens with zero attached hydrogens (tertiary/aromatic N) is 3. The molecule has 152 valence electrons. The molecule has 0 saturated carbocycles. The normalized spacial score (nSPS) is 23.0. The number of nitrogens with one attached hydrogen (secondary N) is 2.